The molecule has 0 aromatic carbocycles. The molecule has 0 aliphatic carbocycles. The van der Waals surface area contributed by atoms with E-state index in [0.29, 0.717) is 19.8 Å². The molecule has 0 aromatic rings. The predicted octanol–water partition coefficient (Wildman–Crippen LogP) is 2.33. The maximum absolute atomic E-state index is 12.2. The molecule has 3 heterocycles. The second kappa shape index (κ2) is 4.04. The van der Waals surface area contributed by atoms with E-state index in [2.05, 4.69) is 0 Å². The lowest BCUT2D eigenvalue weighted by Crippen LogP contribution is -2.49. The molecule has 0 saturated carbocycles. The van der Waals surface area contributed by atoms with Crippen LogP contribution in [0.25, 0.3) is 0 Å². The molecule has 16 heavy (non-hydrogen) atoms. The fourth-order valence-electron chi connectivity index (χ4n) is 1.41. The molecule has 3 fully saturated rings. The van der Waals surface area contributed by atoms with Gasteiger partial charge in [-0.3, -0.25) is 4.79 Å². The molecular formula is C9H15O4PS2. The maximum Gasteiger partial charge on any atom is 0.327 e. The monoisotopic (exact) mass is 282 g/mol. The summed E-state index contributed by atoms with van der Waals surface area (Å²) < 4.78 is 15.9. The van der Waals surface area contributed by atoms with Crippen LogP contribution in [0, 0.1) is 5.41 Å². The lowest BCUT2D eigenvalue weighted by atomic mass is 9.93. The molecule has 3 saturated heterocycles. The zero-order valence-electron chi connectivity index (χ0n) is 9.52. The van der Waals surface area contributed by atoms with Gasteiger partial charge in [-0.05, 0) is 11.8 Å². The van der Waals surface area contributed by atoms with Gasteiger partial charge in [0.2, 0.25) is 5.12 Å². The zero-order chi connectivity index (χ0) is 12.0. The number of carbonyl (C=O) groups excluding carboxylic acids is 1. The normalized spacial score (nSPS) is 38.7. The average molecular weight is 282 g/mol. The second-order valence-electron chi connectivity index (χ2n) is 5.05. The molecule has 3 aliphatic heterocycles. The molecule has 0 aromatic heterocycles. The second-order valence-corrected chi connectivity index (χ2v) is 9.86. The van der Waals surface area contributed by atoms with Crippen molar-refractivity contribution in [2.75, 3.05) is 19.8 Å². The van der Waals surface area contributed by atoms with Crippen molar-refractivity contribution < 1.29 is 18.4 Å². The van der Waals surface area contributed by atoms with E-state index in [1.54, 1.807) is 0 Å². The third-order valence-corrected chi connectivity index (χ3v) is 5.84. The molecule has 7 heteroatoms. The standard InChI is InChI=1S/C9H15O4PS2/c1-8(2,3)16-7(10)9-4-11-14(15,12-5-9)13-6-9/h4-6H2,1-3H3. The van der Waals surface area contributed by atoms with E-state index in [-0.39, 0.29) is 9.86 Å². The first-order valence-electron chi connectivity index (χ1n) is 5.02. The van der Waals surface area contributed by atoms with Crippen LogP contribution in [-0.4, -0.2) is 29.7 Å². The molecule has 0 atom stereocenters. The third-order valence-electron chi connectivity index (χ3n) is 2.33. The maximum atomic E-state index is 12.2. The van der Waals surface area contributed by atoms with Gasteiger partial charge in [-0.25, -0.2) is 0 Å². The van der Waals surface area contributed by atoms with Crippen LogP contribution in [0.1, 0.15) is 20.8 Å². The van der Waals surface area contributed by atoms with E-state index in [1.807, 2.05) is 20.8 Å². The van der Waals surface area contributed by atoms with Gasteiger partial charge >= 0.3 is 6.72 Å². The van der Waals surface area contributed by atoms with Gasteiger partial charge < -0.3 is 13.6 Å². The smallest absolute Gasteiger partial charge is 0.307 e. The molecule has 92 valence electrons. The minimum absolute atomic E-state index is 0.0703. The van der Waals surface area contributed by atoms with Gasteiger partial charge in [0.1, 0.15) is 5.41 Å². The summed E-state index contributed by atoms with van der Waals surface area (Å²) in [6.07, 6.45) is 0. The van der Waals surface area contributed by atoms with Crippen molar-refractivity contribution in [3.8, 4) is 0 Å². The van der Waals surface area contributed by atoms with Gasteiger partial charge in [0, 0.05) is 4.75 Å². The summed E-state index contributed by atoms with van der Waals surface area (Å²) in [5.41, 5.74) is -0.654. The summed E-state index contributed by atoms with van der Waals surface area (Å²) in [6, 6.07) is 0. The first kappa shape index (κ1) is 13.0. The Morgan fingerprint density at radius 1 is 1.25 bits per heavy atom. The summed E-state index contributed by atoms with van der Waals surface area (Å²) in [6.45, 7) is 4.54. The van der Waals surface area contributed by atoms with Crippen molar-refractivity contribution in [2.45, 2.75) is 25.5 Å². The molecular weight excluding hydrogens is 267 g/mol. The van der Waals surface area contributed by atoms with Crippen LogP contribution in [0.2, 0.25) is 0 Å². The summed E-state index contributed by atoms with van der Waals surface area (Å²) in [4.78, 5) is 12.2. The van der Waals surface area contributed by atoms with Crippen molar-refractivity contribution in [1.82, 2.24) is 0 Å². The minimum Gasteiger partial charge on any atom is -0.307 e. The summed E-state index contributed by atoms with van der Waals surface area (Å²) >= 11 is 6.37. The van der Waals surface area contributed by atoms with Crippen LogP contribution in [0.5, 0.6) is 0 Å². The topological polar surface area (TPSA) is 44.8 Å². The Hall–Kier alpha value is 0.550. The van der Waals surface area contributed by atoms with E-state index >= 15 is 0 Å². The number of hydrogen-bond donors (Lipinski definition) is 0. The zero-order valence-corrected chi connectivity index (χ0v) is 12.0. The van der Waals surface area contributed by atoms with Gasteiger partial charge in [-0.15, -0.1) is 0 Å². The summed E-state index contributed by atoms with van der Waals surface area (Å²) in [5, 5.41) is 0.0703. The van der Waals surface area contributed by atoms with E-state index in [4.69, 9.17) is 25.4 Å². The highest BCUT2D eigenvalue weighted by Gasteiger charge is 2.53. The molecule has 3 aliphatic rings. The van der Waals surface area contributed by atoms with Crippen LogP contribution in [-0.2, 0) is 30.2 Å². The first-order chi connectivity index (χ1) is 7.25. The highest BCUT2D eigenvalue weighted by atomic mass is 32.5. The van der Waals surface area contributed by atoms with Gasteiger partial charge in [0.25, 0.3) is 0 Å². The molecule has 0 unspecified atom stereocenters. The van der Waals surface area contributed by atoms with Crippen LogP contribution >= 0.6 is 18.5 Å². The van der Waals surface area contributed by atoms with Gasteiger partial charge in [-0.1, -0.05) is 32.5 Å². The number of rotatable bonds is 1. The van der Waals surface area contributed by atoms with Gasteiger partial charge in [-0.2, -0.15) is 0 Å². The number of thioether (sulfide) groups is 1. The number of fused-ring (bicyclic) bond motifs is 3. The average Bonchev–Trinajstić information content (AvgIpc) is 2.16. The Labute approximate surface area is 105 Å². The van der Waals surface area contributed by atoms with Crippen LogP contribution in [0.4, 0.5) is 0 Å². The van der Waals surface area contributed by atoms with Crippen molar-refractivity contribution in [3.63, 3.8) is 0 Å². The number of carbonyl (C=O) groups is 1. The van der Waals surface area contributed by atoms with E-state index in [0.717, 1.165) is 0 Å². The highest BCUT2D eigenvalue weighted by Crippen LogP contribution is 2.61. The Balaban J connectivity index is 2.10. The van der Waals surface area contributed by atoms with Crippen molar-refractivity contribution in [2.24, 2.45) is 5.41 Å². The molecule has 0 amide bonds. The summed E-state index contributed by atoms with van der Waals surface area (Å²) in [7, 11) is 0. The van der Waals surface area contributed by atoms with Crippen LogP contribution in [0.3, 0.4) is 0 Å². The molecule has 2 bridgehead atoms. The Kier molecular flexibility index (Phi) is 3.28. The van der Waals surface area contributed by atoms with Gasteiger partial charge in [0.15, 0.2) is 0 Å². The fraction of sp³-hybridized carbons (Fsp3) is 0.889. The Morgan fingerprint density at radius 3 is 2.06 bits per heavy atom. The highest BCUT2D eigenvalue weighted by molar-refractivity contribution is 8.14. The quantitative estimate of drug-likeness (QED) is 0.688. The SMILES string of the molecule is CC(C)(C)SC(=O)C12COP(=S)(OC1)OC2. The Bertz CT molecular complexity index is 332. The third kappa shape index (κ3) is 2.52. The van der Waals surface area contributed by atoms with E-state index < -0.39 is 12.1 Å². The number of hydrogen-bond acceptors (Lipinski definition) is 6. The van der Waals surface area contributed by atoms with Crippen molar-refractivity contribution >= 4 is 35.4 Å². The molecule has 0 spiro atoms. The van der Waals surface area contributed by atoms with Crippen molar-refractivity contribution in [3.05, 3.63) is 0 Å². The molecule has 4 nitrogen and oxygen atoms in total. The minimum atomic E-state index is -2.49. The van der Waals surface area contributed by atoms with Crippen molar-refractivity contribution in [1.29, 1.82) is 0 Å². The molecule has 3 rings (SSSR count). The van der Waals surface area contributed by atoms with Crippen LogP contribution < -0.4 is 0 Å². The summed E-state index contributed by atoms with van der Waals surface area (Å²) in [5.74, 6) is 0. The van der Waals surface area contributed by atoms with E-state index in [1.165, 1.54) is 11.8 Å². The predicted molar refractivity (Wildman–Crippen MR) is 66.9 cm³/mol. The van der Waals surface area contributed by atoms with Crippen LogP contribution in [0.15, 0.2) is 0 Å². The largest absolute Gasteiger partial charge is 0.327 e. The molecule has 0 radical (unpaired) electrons. The lowest BCUT2D eigenvalue weighted by molar-refractivity contribution is -0.137. The molecule has 0 N–H and O–H groups in total. The Morgan fingerprint density at radius 2 is 1.69 bits per heavy atom. The van der Waals surface area contributed by atoms with E-state index in [9.17, 15) is 4.79 Å². The first-order valence-corrected chi connectivity index (χ1v) is 8.39. The fourth-order valence-corrected chi connectivity index (χ4v) is 4.27. The lowest BCUT2D eigenvalue weighted by Gasteiger charge is -2.45. The van der Waals surface area contributed by atoms with Gasteiger partial charge in [0.05, 0.1) is 19.8 Å².